The predicted molar refractivity (Wildman–Crippen MR) is 64.4 cm³/mol. The van der Waals surface area contributed by atoms with Gasteiger partial charge in [0.15, 0.2) is 0 Å². The van der Waals surface area contributed by atoms with Gasteiger partial charge in [-0.2, -0.15) is 10.5 Å². The molecule has 1 heterocycles. The van der Waals surface area contributed by atoms with E-state index in [9.17, 15) is 0 Å². The number of tetrazole rings is 1. The lowest BCUT2D eigenvalue weighted by Gasteiger charge is -2.03. The van der Waals surface area contributed by atoms with E-state index in [4.69, 9.17) is 10.00 Å². The summed E-state index contributed by atoms with van der Waals surface area (Å²) in [6.45, 7) is 0. The maximum Gasteiger partial charge on any atom is 0.216 e. The molecule has 1 aromatic carbocycles. The zero-order valence-corrected chi connectivity index (χ0v) is 9.58. The first-order valence-electron chi connectivity index (χ1n) is 5.08. The standard InChI is InChI=1S/C11H10N6O/c1-18-10-4-2-3-9(5-10)13-7-8(6-12)11-14-16-17-15-11/h2-5,7,13H,1H3,(H,14,15,16,17). The van der Waals surface area contributed by atoms with Gasteiger partial charge >= 0.3 is 0 Å². The van der Waals surface area contributed by atoms with Gasteiger partial charge in [-0.15, -0.1) is 10.2 Å². The van der Waals surface area contributed by atoms with E-state index < -0.39 is 0 Å². The average molecular weight is 242 g/mol. The monoisotopic (exact) mass is 242 g/mol. The highest BCUT2D eigenvalue weighted by molar-refractivity contribution is 5.74. The maximum absolute atomic E-state index is 8.97. The average Bonchev–Trinajstić information content (AvgIpc) is 2.94. The zero-order chi connectivity index (χ0) is 12.8. The highest BCUT2D eigenvalue weighted by atomic mass is 16.5. The molecular weight excluding hydrogens is 232 g/mol. The summed E-state index contributed by atoms with van der Waals surface area (Å²) in [6, 6.07) is 9.32. The van der Waals surface area contributed by atoms with E-state index >= 15 is 0 Å². The molecule has 0 aliphatic rings. The Hall–Kier alpha value is -2.88. The Labute approximate surface area is 103 Å². The molecule has 90 valence electrons. The Morgan fingerprint density at radius 2 is 2.44 bits per heavy atom. The molecule has 0 bridgehead atoms. The van der Waals surface area contributed by atoms with Gasteiger partial charge in [0.1, 0.15) is 17.4 Å². The number of aromatic nitrogens is 4. The highest BCUT2D eigenvalue weighted by Crippen LogP contribution is 2.17. The zero-order valence-electron chi connectivity index (χ0n) is 9.58. The summed E-state index contributed by atoms with van der Waals surface area (Å²) in [4.78, 5) is 0. The van der Waals surface area contributed by atoms with E-state index in [1.807, 2.05) is 30.3 Å². The van der Waals surface area contributed by atoms with Gasteiger partial charge in [-0.3, -0.25) is 0 Å². The first-order valence-corrected chi connectivity index (χ1v) is 5.08. The molecule has 7 heteroatoms. The van der Waals surface area contributed by atoms with Crippen LogP contribution in [0.5, 0.6) is 5.75 Å². The third kappa shape index (κ3) is 2.62. The van der Waals surface area contributed by atoms with Crippen molar-refractivity contribution in [2.75, 3.05) is 12.4 Å². The number of benzene rings is 1. The molecular formula is C11H10N6O. The molecule has 1 aromatic heterocycles. The molecule has 0 saturated heterocycles. The second-order valence-electron chi connectivity index (χ2n) is 3.28. The van der Waals surface area contributed by atoms with Crippen LogP contribution in [0.15, 0.2) is 30.5 Å². The van der Waals surface area contributed by atoms with E-state index in [0.29, 0.717) is 0 Å². The van der Waals surface area contributed by atoms with Crippen LogP contribution in [0, 0.1) is 11.3 Å². The highest BCUT2D eigenvalue weighted by Gasteiger charge is 2.05. The Kier molecular flexibility index (Phi) is 3.51. The van der Waals surface area contributed by atoms with Crippen LogP contribution in [0.2, 0.25) is 0 Å². The molecule has 0 aliphatic heterocycles. The molecule has 0 unspecified atom stereocenters. The Morgan fingerprint density at radius 3 is 3.11 bits per heavy atom. The largest absolute Gasteiger partial charge is 0.497 e. The van der Waals surface area contributed by atoms with Crippen LogP contribution in [0.25, 0.3) is 5.57 Å². The van der Waals surface area contributed by atoms with Crippen molar-refractivity contribution in [2.24, 2.45) is 0 Å². The molecule has 0 saturated carbocycles. The molecule has 2 N–H and O–H groups in total. The number of nitrogens with one attached hydrogen (secondary N) is 2. The van der Waals surface area contributed by atoms with Crippen LogP contribution in [0.1, 0.15) is 5.82 Å². The molecule has 0 fully saturated rings. The summed E-state index contributed by atoms with van der Waals surface area (Å²) < 4.78 is 5.09. The normalized spacial score (nSPS) is 10.8. The van der Waals surface area contributed by atoms with Gasteiger partial charge in [-0.25, -0.2) is 0 Å². The van der Waals surface area contributed by atoms with Crippen molar-refractivity contribution < 1.29 is 4.74 Å². The molecule has 0 atom stereocenters. The summed E-state index contributed by atoms with van der Waals surface area (Å²) in [5, 5.41) is 25.1. The number of methoxy groups -OCH3 is 1. The summed E-state index contributed by atoms with van der Waals surface area (Å²) in [7, 11) is 1.59. The van der Waals surface area contributed by atoms with E-state index in [0.717, 1.165) is 11.4 Å². The van der Waals surface area contributed by atoms with Crippen molar-refractivity contribution in [3.8, 4) is 11.8 Å². The second-order valence-corrected chi connectivity index (χ2v) is 3.28. The predicted octanol–water partition coefficient (Wildman–Crippen LogP) is 1.18. The molecule has 2 rings (SSSR count). The minimum absolute atomic E-state index is 0.243. The van der Waals surface area contributed by atoms with Crippen LogP contribution < -0.4 is 10.1 Å². The van der Waals surface area contributed by atoms with Crippen LogP contribution in [-0.4, -0.2) is 27.7 Å². The minimum Gasteiger partial charge on any atom is -0.497 e. The number of aromatic amines is 1. The number of nitrogens with zero attached hydrogens (tertiary/aromatic N) is 4. The van der Waals surface area contributed by atoms with Gasteiger partial charge in [-0.1, -0.05) is 6.07 Å². The third-order valence-corrected chi connectivity index (χ3v) is 2.16. The summed E-state index contributed by atoms with van der Waals surface area (Å²) in [5.41, 5.74) is 1.08. The molecule has 0 amide bonds. The Morgan fingerprint density at radius 1 is 1.56 bits per heavy atom. The van der Waals surface area contributed by atoms with Crippen LogP contribution in [0.4, 0.5) is 5.69 Å². The number of nitriles is 1. The molecule has 0 radical (unpaired) electrons. The van der Waals surface area contributed by atoms with Crippen molar-refractivity contribution in [3.63, 3.8) is 0 Å². The van der Waals surface area contributed by atoms with Crippen molar-refractivity contribution in [2.45, 2.75) is 0 Å². The Balaban J connectivity index is 2.16. The lowest BCUT2D eigenvalue weighted by atomic mass is 10.3. The second kappa shape index (κ2) is 5.45. The topological polar surface area (TPSA) is 99.5 Å². The van der Waals surface area contributed by atoms with Crippen LogP contribution >= 0.6 is 0 Å². The summed E-state index contributed by atoms with van der Waals surface area (Å²) >= 11 is 0. The van der Waals surface area contributed by atoms with Gasteiger partial charge in [0.2, 0.25) is 5.82 Å². The molecule has 7 nitrogen and oxygen atoms in total. The van der Waals surface area contributed by atoms with E-state index in [-0.39, 0.29) is 11.4 Å². The fourth-order valence-corrected chi connectivity index (χ4v) is 1.29. The van der Waals surface area contributed by atoms with Crippen molar-refractivity contribution in [1.82, 2.24) is 20.6 Å². The molecule has 2 aromatic rings. The van der Waals surface area contributed by atoms with Crippen molar-refractivity contribution in [3.05, 3.63) is 36.3 Å². The van der Waals surface area contributed by atoms with Gasteiger partial charge in [0, 0.05) is 18.0 Å². The van der Waals surface area contributed by atoms with Crippen LogP contribution in [0.3, 0.4) is 0 Å². The van der Waals surface area contributed by atoms with Crippen LogP contribution in [-0.2, 0) is 0 Å². The van der Waals surface area contributed by atoms with Crippen molar-refractivity contribution >= 4 is 11.3 Å². The lowest BCUT2D eigenvalue weighted by Crippen LogP contribution is -1.93. The molecule has 0 spiro atoms. The first kappa shape index (κ1) is 11.6. The first-order chi connectivity index (χ1) is 8.83. The van der Waals surface area contributed by atoms with Crippen molar-refractivity contribution in [1.29, 1.82) is 5.26 Å². The molecule has 0 aliphatic carbocycles. The maximum atomic E-state index is 8.97. The quantitative estimate of drug-likeness (QED) is 0.781. The molecule has 18 heavy (non-hydrogen) atoms. The third-order valence-electron chi connectivity index (χ3n) is 2.16. The lowest BCUT2D eigenvalue weighted by molar-refractivity contribution is 0.415. The number of H-pyrrole nitrogens is 1. The van der Waals surface area contributed by atoms with E-state index in [1.165, 1.54) is 6.20 Å². The Bertz CT molecular complexity index is 584. The fourth-order valence-electron chi connectivity index (χ4n) is 1.29. The number of anilines is 1. The number of hydrogen-bond acceptors (Lipinski definition) is 6. The van der Waals surface area contributed by atoms with Gasteiger partial charge < -0.3 is 10.1 Å². The number of hydrogen-bond donors (Lipinski definition) is 2. The number of rotatable bonds is 4. The van der Waals surface area contributed by atoms with E-state index in [2.05, 4.69) is 25.9 Å². The van der Waals surface area contributed by atoms with Gasteiger partial charge in [0.25, 0.3) is 0 Å². The number of ether oxygens (including phenoxy) is 1. The SMILES string of the molecule is COc1cccc(NC=C(C#N)c2nn[nH]n2)c1. The summed E-state index contributed by atoms with van der Waals surface area (Å²) in [5.74, 6) is 0.972. The number of allylic oxidation sites excluding steroid dienone is 1. The smallest absolute Gasteiger partial charge is 0.216 e. The summed E-state index contributed by atoms with van der Waals surface area (Å²) in [6.07, 6.45) is 1.51. The van der Waals surface area contributed by atoms with Gasteiger partial charge in [-0.05, 0) is 17.3 Å². The minimum atomic E-state index is 0.243. The van der Waals surface area contributed by atoms with E-state index in [1.54, 1.807) is 7.11 Å². The fraction of sp³-hybridized carbons (Fsp3) is 0.0909. The van der Waals surface area contributed by atoms with Gasteiger partial charge in [0.05, 0.1) is 7.11 Å².